The Hall–Kier alpha value is -0.520. The largest absolute Gasteiger partial charge is 0.496 e. The molecule has 0 bridgehead atoms. The molecule has 3 nitrogen and oxygen atoms in total. The fraction of sp³-hybridized carbons (Fsp3) is 0.571. The van der Waals surface area contributed by atoms with Crippen molar-refractivity contribution in [2.75, 3.05) is 13.4 Å². The maximum Gasteiger partial charge on any atom is 0.132 e. The summed E-state index contributed by atoms with van der Waals surface area (Å²) >= 11 is 1.65. The molecule has 1 N–H and O–H groups in total. The van der Waals surface area contributed by atoms with Gasteiger partial charge < -0.3 is 4.74 Å². The average molecular weight is 301 g/mol. The van der Waals surface area contributed by atoms with Gasteiger partial charge in [-0.15, -0.1) is 11.8 Å². The van der Waals surface area contributed by atoms with E-state index in [1.165, 1.54) is 0 Å². The zero-order chi connectivity index (χ0) is 14.6. The first kappa shape index (κ1) is 16.5. The Labute approximate surface area is 123 Å². The molecule has 1 aromatic carbocycles. The van der Waals surface area contributed by atoms with E-state index in [2.05, 4.69) is 4.72 Å². The van der Waals surface area contributed by atoms with E-state index in [9.17, 15) is 4.21 Å². The van der Waals surface area contributed by atoms with Gasteiger partial charge in [-0.05, 0) is 51.6 Å². The van der Waals surface area contributed by atoms with Crippen LogP contribution in [-0.4, -0.2) is 22.3 Å². The van der Waals surface area contributed by atoms with E-state index in [0.29, 0.717) is 0 Å². The summed E-state index contributed by atoms with van der Waals surface area (Å²) < 4.78 is 20.3. The third-order valence-corrected chi connectivity index (χ3v) is 5.20. The summed E-state index contributed by atoms with van der Waals surface area (Å²) in [6.07, 6.45) is 2.02. The third-order valence-electron chi connectivity index (χ3n) is 2.75. The highest BCUT2D eigenvalue weighted by atomic mass is 32.2. The lowest BCUT2D eigenvalue weighted by Crippen LogP contribution is -2.34. The Kier molecular flexibility index (Phi) is 5.89. The number of ether oxygens (including phenoxy) is 1. The third kappa shape index (κ3) is 4.51. The van der Waals surface area contributed by atoms with Crippen LogP contribution in [0.15, 0.2) is 23.1 Å². The van der Waals surface area contributed by atoms with Crippen molar-refractivity contribution < 1.29 is 8.95 Å². The number of nitrogens with one attached hydrogen (secondary N) is 1. The van der Waals surface area contributed by atoms with Crippen LogP contribution < -0.4 is 9.46 Å². The van der Waals surface area contributed by atoms with Gasteiger partial charge in [-0.1, -0.05) is 6.07 Å². The molecule has 0 aliphatic rings. The molecule has 2 atom stereocenters. The molecule has 0 heterocycles. The van der Waals surface area contributed by atoms with Crippen LogP contribution in [0.25, 0.3) is 0 Å². The number of hydrogen-bond acceptors (Lipinski definition) is 3. The van der Waals surface area contributed by atoms with E-state index >= 15 is 0 Å². The molecule has 0 aromatic heterocycles. The molecule has 0 aliphatic heterocycles. The Morgan fingerprint density at radius 2 is 2.00 bits per heavy atom. The van der Waals surface area contributed by atoms with Gasteiger partial charge in [0.15, 0.2) is 0 Å². The lowest BCUT2D eigenvalue weighted by Gasteiger charge is -2.22. The van der Waals surface area contributed by atoms with Gasteiger partial charge in [0.1, 0.15) is 5.75 Å². The number of methoxy groups -OCH3 is 1. The summed E-state index contributed by atoms with van der Waals surface area (Å²) in [7, 11) is 0.591. The second kappa shape index (κ2) is 6.77. The van der Waals surface area contributed by atoms with Gasteiger partial charge in [-0.25, -0.2) is 8.93 Å². The first-order chi connectivity index (χ1) is 8.79. The van der Waals surface area contributed by atoms with Crippen molar-refractivity contribution in [3.8, 4) is 5.75 Å². The van der Waals surface area contributed by atoms with Crippen molar-refractivity contribution in [1.29, 1.82) is 0 Å². The first-order valence-corrected chi connectivity index (χ1v) is 8.57. The molecule has 0 aliphatic carbocycles. The molecule has 19 heavy (non-hydrogen) atoms. The highest BCUT2D eigenvalue weighted by molar-refractivity contribution is 7.98. The Morgan fingerprint density at radius 1 is 1.37 bits per heavy atom. The van der Waals surface area contributed by atoms with E-state index < -0.39 is 11.0 Å². The van der Waals surface area contributed by atoms with Crippen molar-refractivity contribution in [1.82, 2.24) is 4.72 Å². The molecule has 0 spiro atoms. The van der Waals surface area contributed by atoms with Crippen LogP contribution in [0.3, 0.4) is 0 Å². The van der Waals surface area contributed by atoms with Gasteiger partial charge in [-0.3, -0.25) is 0 Å². The molecule has 2 unspecified atom stereocenters. The maximum atomic E-state index is 12.1. The molecule has 5 heteroatoms. The highest BCUT2D eigenvalue weighted by Gasteiger charge is 2.22. The van der Waals surface area contributed by atoms with Gasteiger partial charge in [0, 0.05) is 10.9 Å². The summed E-state index contributed by atoms with van der Waals surface area (Å²) in [4.78, 5) is 1.11. The molecule has 108 valence electrons. The van der Waals surface area contributed by atoms with Crippen LogP contribution >= 0.6 is 11.8 Å². The van der Waals surface area contributed by atoms with E-state index in [0.717, 1.165) is 16.2 Å². The summed E-state index contributed by atoms with van der Waals surface area (Å²) in [5.74, 6) is 0.861. The zero-order valence-electron chi connectivity index (χ0n) is 12.4. The molecule has 0 radical (unpaired) electrons. The molecular formula is C14H23NO2S2. The predicted molar refractivity (Wildman–Crippen MR) is 84.2 cm³/mol. The fourth-order valence-corrected chi connectivity index (χ4v) is 2.89. The summed E-state index contributed by atoms with van der Waals surface area (Å²) in [5, 5.41) is 0. The van der Waals surface area contributed by atoms with Gasteiger partial charge >= 0.3 is 0 Å². The minimum Gasteiger partial charge on any atom is -0.496 e. The number of thioether (sulfide) groups is 1. The van der Waals surface area contributed by atoms with Crippen LogP contribution in [0.5, 0.6) is 5.75 Å². The smallest absolute Gasteiger partial charge is 0.132 e. The minimum atomic E-state index is -1.08. The monoisotopic (exact) mass is 301 g/mol. The van der Waals surface area contributed by atoms with Crippen LogP contribution in [0.2, 0.25) is 0 Å². The topological polar surface area (TPSA) is 38.3 Å². The average Bonchev–Trinajstić information content (AvgIpc) is 2.36. The van der Waals surface area contributed by atoms with Crippen molar-refractivity contribution in [3.63, 3.8) is 0 Å². The van der Waals surface area contributed by atoms with Gasteiger partial charge in [0.05, 0.1) is 22.8 Å². The Morgan fingerprint density at radius 3 is 2.47 bits per heavy atom. The number of rotatable bonds is 5. The second-order valence-electron chi connectivity index (χ2n) is 5.34. The predicted octanol–water partition coefficient (Wildman–Crippen LogP) is 3.53. The van der Waals surface area contributed by atoms with E-state index in [1.54, 1.807) is 18.9 Å². The van der Waals surface area contributed by atoms with Crippen LogP contribution in [0, 0.1) is 0 Å². The first-order valence-electron chi connectivity index (χ1n) is 6.19. The lowest BCUT2D eigenvalue weighted by atomic mass is 10.1. The maximum absolute atomic E-state index is 12.1. The standard InChI is InChI=1S/C14H23NO2S2/c1-10(15-19(16)14(2,3)4)11-7-8-13(18-6)12(9-11)17-5/h7-10,15H,1-6H3. The number of hydrogen-bond donors (Lipinski definition) is 1. The molecular weight excluding hydrogens is 278 g/mol. The van der Waals surface area contributed by atoms with Crippen molar-refractivity contribution in [2.45, 2.75) is 43.4 Å². The van der Waals surface area contributed by atoms with E-state index in [4.69, 9.17) is 4.74 Å². The van der Waals surface area contributed by atoms with Gasteiger partial charge in [-0.2, -0.15) is 0 Å². The zero-order valence-corrected chi connectivity index (χ0v) is 14.1. The normalized spacial score (nSPS) is 15.1. The van der Waals surface area contributed by atoms with Crippen LogP contribution in [-0.2, 0) is 11.0 Å². The lowest BCUT2D eigenvalue weighted by molar-refractivity contribution is 0.404. The van der Waals surface area contributed by atoms with Crippen LogP contribution in [0.4, 0.5) is 0 Å². The molecule has 0 amide bonds. The summed E-state index contributed by atoms with van der Waals surface area (Å²) in [6.45, 7) is 7.89. The van der Waals surface area contributed by atoms with Gasteiger partial charge in [0.25, 0.3) is 0 Å². The molecule has 0 fully saturated rings. The van der Waals surface area contributed by atoms with Crippen molar-refractivity contribution in [3.05, 3.63) is 23.8 Å². The summed E-state index contributed by atoms with van der Waals surface area (Å²) in [6, 6.07) is 6.11. The highest BCUT2D eigenvalue weighted by Crippen LogP contribution is 2.30. The van der Waals surface area contributed by atoms with Crippen molar-refractivity contribution >= 4 is 22.7 Å². The van der Waals surface area contributed by atoms with E-state index in [-0.39, 0.29) is 10.8 Å². The summed E-state index contributed by atoms with van der Waals surface area (Å²) in [5.41, 5.74) is 1.08. The molecule has 0 saturated heterocycles. The molecule has 1 rings (SSSR count). The van der Waals surface area contributed by atoms with Crippen LogP contribution in [0.1, 0.15) is 39.3 Å². The molecule has 1 aromatic rings. The van der Waals surface area contributed by atoms with Crippen molar-refractivity contribution in [2.24, 2.45) is 0 Å². The second-order valence-corrected chi connectivity index (χ2v) is 8.18. The van der Waals surface area contributed by atoms with E-state index in [1.807, 2.05) is 52.1 Å². The fourth-order valence-electron chi connectivity index (χ4n) is 1.53. The Balaban J connectivity index is 2.89. The molecule has 0 saturated carbocycles. The van der Waals surface area contributed by atoms with Gasteiger partial charge in [0.2, 0.25) is 0 Å². The SMILES string of the molecule is COc1cc(C(C)NS(=O)C(C)(C)C)ccc1SC. The number of benzene rings is 1. The Bertz CT molecular complexity index is 455. The quantitative estimate of drug-likeness (QED) is 0.846. The minimum absolute atomic E-state index is 0.0184.